The van der Waals surface area contributed by atoms with Crippen LogP contribution in [-0.2, 0) is 11.0 Å². The Morgan fingerprint density at radius 2 is 1.75 bits per heavy atom. The second-order valence-corrected chi connectivity index (χ2v) is 8.80. The Balaban J connectivity index is 1.77. The number of halogens is 3. The van der Waals surface area contributed by atoms with E-state index in [0.717, 1.165) is 41.9 Å². The summed E-state index contributed by atoms with van der Waals surface area (Å²) in [7, 11) is 0. The van der Waals surface area contributed by atoms with Gasteiger partial charge in [0.2, 0.25) is 0 Å². The standard InChI is InChI=1S/C27H30F3N3O3/c1-5-6-24(20-7-9-21(10-8-20)26(35)31-12-11-19(4)34)36-23-13-17(2)25(18(3)14-23)33-16-22(15-32-33)27(28,29)30/h7-10,13-16,24H,5-6,11-12H2,1-4H3,(H,31,35)/t24-/m0/s1. The van der Waals surface area contributed by atoms with Crippen molar-refractivity contribution < 1.29 is 27.5 Å². The van der Waals surface area contributed by atoms with Gasteiger partial charge in [-0.25, -0.2) is 4.68 Å². The maximum atomic E-state index is 13.0. The van der Waals surface area contributed by atoms with Crippen LogP contribution in [0, 0.1) is 13.8 Å². The van der Waals surface area contributed by atoms with Crippen molar-refractivity contribution in [1.29, 1.82) is 0 Å². The molecule has 0 radical (unpaired) electrons. The lowest BCUT2D eigenvalue weighted by Crippen LogP contribution is -2.25. The van der Waals surface area contributed by atoms with E-state index in [4.69, 9.17) is 4.74 Å². The number of ketones is 1. The highest BCUT2D eigenvalue weighted by Gasteiger charge is 2.32. The Labute approximate surface area is 208 Å². The van der Waals surface area contributed by atoms with Crippen molar-refractivity contribution >= 4 is 11.7 Å². The Hall–Kier alpha value is -3.62. The molecule has 0 spiro atoms. The fourth-order valence-corrected chi connectivity index (χ4v) is 3.96. The first kappa shape index (κ1) is 27.0. The molecule has 192 valence electrons. The van der Waals surface area contributed by atoms with Gasteiger partial charge in [0.1, 0.15) is 17.6 Å². The molecule has 0 fully saturated rings. The van der Waals surface area contributed by atoms with Crippen molar-refractivity contribution in [3.63, 3.8) is 0 Å². The molecule has 0 aliphatic rings. The van der Waals surface area contributed by atoms with Crippen LogP contribution in [0.15, 0.2) is 48.8 Å². The zero-order valence-electron chi connectivity index (χ0n) is 20.8. The van der Waals surface area contributed by atoms with E-state index in [1.54, 1.807) is 38.1 Å². The van der Waals surface area contributed by atoms with E-state index in [1.807, 2.05) is 19.1 Å². The van der Waals surface area contributed by atoms with Crippen LogP contribution < -0.4 is 10.1 Å². The van der Waals surface area contributed by atoms with Gasteiger partial charge >= 0.3 is 6.18 Å². The number of alkyl halides is 3. The van der Waals surface area contributed by atoms with Crippen LogP contribution in [0.4, 0.5) is 13.2 Å². The molecule has 3 aromatic rings. The van der Waals surface area contributed by atoms with E-state index < -0.39 is 11.7 Å². The largest absolute Gasteiger partial charge is 0.486 e. The fraction of sp³-hybridized carbons (Fsp3) is 0.370. The Morgan fingerprint density at radius 3 is 2.28 bits per heavy atom. The number of carbonyl (C=O) groups is 2. The number of nitrogens with one attached hydrogen (secondary N) is 1. The minimum atomic E-state index is -4.46. The smallest absolute Gasteiger partial charge is 0.419 e. The topological polar surface area (TPSA) is 73.2 Å². The lowest BCUT2D eigenvalue weighted by Gasteiger charge is -2.21. The molecular formula is C27H30F3N3O3. The van der Waals surface area contributed by atoms with Crippen LogP contribution in [0.2, 0.25) is 0 Å². The molecule has 9 heteroatoms. The number of rotatable bonds is 10. The van der Waals surface area contributed by atoms with Gasteiger partial charge in [0.05, 0.1) is 17.4 Å². The third-order valence-electron chi connectivity index (χ3n) is 5.74. The number of aryl methyl sites for hydroxylation is 2. The van der Waals surface area contributed by atoms with E-state index in [1.165, 1.54) is 11.6 Å². The first-order chi connectivity index (χ1) is 17.0. The van der Waals surface area contributed by atoms with E-state index in [9.17, 15) is 22.8 Å². The van der Waals surface area contributed by atoms with Crippen LogP contribution >= 0.6 is 0 Å². The van der Waals surface area contributed by atoms with E-state index in [2.05, 4.69) is 10.4 Å². The minimum absolute atomic E-state index is 0.0133. The molecule has 1 N–H and O–H groups in total. The van der Waals surface area contributed by atoms with Gasteiger partial charge in [-0.3, -0.25) is 9.59 Å². The first-order valence-electron chi connectivity index (χ1n) is 11.8. The van der Waals surface area contributed by atoms with Gasteiger partial charge < -0.3 is 10.1 Å². The van der Waals surface area contributed by atoms with E-state index in [0.29, 0.717) is 23.5 Å². The van der Waals surface area contributed by atoms with Crippen molar-refractivity contribution in [2.45, 2.75) is 59.2 Å². The molecule has 36 heavy (non-hydrogen) atoms. The number of aromatic nitrogens is 2. The summed E-state index contributed by atoms with van der Waals surface area (Å²) < 4.78 is 46.5. The Kier molecular flexibility index (Phi) is 8.55. The zero-order valence-corrected chi connectivity index (χ0v) is 20.8. The molecule has 0 bridgehead atoms. The second-order valence-electron chi connectivity index (χ2n) is 8.80. The molecule has 0 saturated carbocycles. The third kappa shape index (κ3) is 6.74. The summed E-state index contributed by atoms with van der Waals surface area (Å²) in [5.74, 6) is 0.366. The van der Waals surface area contributed by atoms with Crippen molar-refractivity contribution in [1.82, 2.24) is 15.1 Å². The average molecular weight is 502 g/mol. The van der Waals surface area contributed by atoms with Crippen LogP contribution in [-0.4, -0.2) is 28.0 Å². The Morgan fingerprint density at radius 1 is 1.11 bits per heavy atom. The summed E-state index contributed by atoms with van der Waals surface area (Å²) >= 11 is 0. The summed E-state index contributed by atoms with van der Waals surface area (Å²) in [6, 6.07) is 10.7. The number of ether oxygens (including phenoxy) is 1. The van der Waals surface area contributed by atoms with Gasteiger partial charge in [-0.2, -0.15) is 18.3 Å². The number of hydrogen-bond donors (Lipinski definition) is 1. The summed E-state index contributed by atoms with van der Waals surface area (Å²) in [5, 5.41) is 6.62. The van der Waals surface area contributed by atoms with Gasteiger partial charge in [0.15, 0.2) is 0 Å². The highest BCUT2D eigenvalue weighted by atomic mass is 19.4. The average Bonchev–Trinajstić information content (AvgIpc) is 3.28. The number of benzene rings is 2. The molecule has 0 saturated heterocycles. The molecule has 2 aromatic carbocycles. The van der Waals surface area contributed by atoms with Gasteiger partial charge in [-0.05, 0) is 68.1 Å². The monoisotopic (exact) mass is 501 g/mol. The molecule has 1 atom stereocenters. The molecule has 6 nitrogen and oxygen atoms in total. The predicted molar refractivity (Wildman–Crippen MR) is 130 cm³/mol. The number of nitrogens with zero attached hydrogens (tertiary/aromatic N) is 2. The molecule has 0 aliphatic heterocycles. The quantitative estimate of drug-likeness (QED) is 0.362. The lowest BCUT2D eigenvalue weighted by atomic mass is 10.0. The van der Waals surface area contributed by atoms with Crippen LogP contribution in [0.25, 0.3) is 5.69 Å². The molecule has 1 aromatic heterocycles. The van der Waals surface area contributed by atoms with Gasteiger partial charge in [0, 0.05) is 24.7 Å². The predicted octanol–water partition coefficient (Wildman–Crippen LogP) is 6.14. The molecule has 1 heterocycles. The first-order valence-corrected chi connectivity index (χ1v) is 11.8. The zero-order chi connectivity index (χ0) is 26.5. The summed E-state index contributed by atoms with van der Waals surface area (Å²) in [6.07, 6.45) is -1.05. The minimum Gasteiger partial charge on any atom is -0.486 e. The van der Waals surface area contributed by atoms with Crippen molar-refractivity contribution in [2.24, 2.45) is 0 Å². The van der Waals surface area contributed by atoms with Crippen molar-refractivity contribution in [3.8, 4) is 11.4 Å². The number of amides is 1. The fourth-order valence-electron chi connectivity index (χ4n) is 3.96. The second kappa shape index (κ2) is 11.4. The maximum Gasteiger partial charge on any atom is 0.419 e. The highest BCUT2D eigenvalue weighted by Crippen LogP contribution is 2.33. The molecule has 1 amide bonds. The molecule has 3 rings (SSSR count). The van der Waals surface area contributed by atoms with Gasteiger partial charge in [-0.1, -0.05) is 25.5 Å². The summed E-state index contributed by atoms with van der Waals surface area (Å²) in [5.41, 5.74) is 2.62. The van der Waals surface area contributed by atoms with Crippen LogP contribution in [0.5, 0.6) is 5.75 Å². The maximum absolute atomic E-state index is 13.0. The van der Waals surface area contributed by atoms with Crippen molar-refractivity contribution in [3.05, 3.63) is 76.6 Å². The van der Waals surface area contributed by atoms with E-state index >= 15 is 0 Å². The van der Waals surface area contributed by atoms with Crippen LogP contribution in [0.3, 0.4) is 0 Å². The lowest BCUT2D eigenvalue weighted by molar-refractivity contribution is -0.137. The number of hydrogen-bond acceptors (Lipinski definition) is 4. The van der Waals surface area contributed by atoms with Gasteiger partial charge in [0.25, 0.3) is 5.91 Å². The number of Topliss-reactive ketones (excluding diaryl/α,β-unsaturated/α-hetero) is 1. The van der Waals surface area contributed by atoms with Crippen LogP contribution in [0.1, 0.15) is 71.8 Å². The third-order valence-corrected chi connectivity index (χ3v) is 5.74. The Bertz CT molecular complexity index is 1190. The molecular weight excluding hydrogens is 471 g/mol. The van der Waals surface area contributed by atoms with Crippen molar-refractivity contribution in [2.75, 3.05) is 6.54 Å². The van der Waals surface area contributed by atoms with E-state index in [-0.39, 0.29) is 24.2 Å². The SMILES string of the molecule is CCC[C@H](Oc1cc(C)c(-n2cc(C(F)(F)F)cn2)c(C)c1)c1ccc(C(=O)NCCC(C)=O)cc1. The summed E-state index contributed by atoms with van der Waals surface area (Å²) in [6.45, 7) is 7.42. The highest BCUT2D eigenvalue weighted by molar-refractivity contribution is 5.94. The number of carbonyl (C=O) groups excluding carboxylic acids is 2. The molecule has 0 aliphatic carbocycles. The summed E-state index contributed by atoms with van der Waals surface area (Å²) in [4.78, 5) is 23.3. The molecule has 0 unspecified atom stereocenters. The normalized spacial score (nSPS) is 12.3. The van der Waals surface area contributed by atoms with Gasteiger partial charge in [-0.15, -0.1) is 0 Å².